The van der Waals surface area contributed by atoms with Crippen molar-refractivity contribution in [2.24, 2.45) is 5.41 Å². The Morgan fingerprint density at radius 2 is 1.86 bits per heavy atom. The van der Waals surface area contributed by atoms with Crippen molar-refractivity contribution < 1.29 is 9.18 Å². The molecule has 1 N–H and O–H groups in total. The van der Waals surface area contributed by atoms with Gasteiger partial charge in [-0.05, 0) is 54.0 Å². The van der Waals surface area contributed by atoms with E-state index in [1.54, 1.807) is 6.07 Å². The van der Waals surface area contributed by atoms with Crippen LogP contribution in [0.3, 0.4) is 0 Å². The standard InChI is InChI=1S/C28H31ClFN3O2/c1-27(2,3)20-8-6-7-19(16-20)24-31-25(33-26(35)32-24)21-15-18(9-11-22(21)29)10-12-23(34)28(17-30)13-4-5-14-28/h6-9,11,15-16H,4-5,10,12-14,17H2,1-3H3,(H,31,32,33,35). The highest BCUT2D eigenvalue weighted by atomic mass is 35.5. The van der Waals surface area contributed by atoms with Crippen molar-refractivity contribution in [1.82, 2.24) is 15.0 Å². The van der Waals surface area contributed by atoms with Gasteiger partial charge >= 0.3 is 5.69 Å². The van der Waals surface area contributed by atoms with Crippen molar-refractivity contribution >= 4 is 17.4 Å². The van der Waals surface area contributed by atoms with Gasteiger partial charge in [-0.3, -0.25) is 14.2 Å². The summed E-state index contributed by atoms with van der Waals surface area (Å²) in [6, 6.07) is 13.3. The average molecular weight is 496 g/mol. The molecule has 1 fully saturated rings. The van der Waals surface area contributed by atoms with Crippen molar-refractivity contribution in [2.75, 3.05) is 6.67 Å². The molecule has 0 bridgehead atoms. The third-order valence-corrected chi connectivity index (χ3v) is 7.30. The first-order chi connectivity index (χ1) is 16.6. The Kier molecular flexibility index (Phi) is 7.22. The topological polar surface area (TPSA) is 75.7 Å². The molecular formula is C28H31ClFN3O2. The van der Waals surface area contributed by atoms with Gasteiger partial charge in [-0.15, -0.1) is 0 Å². The number of nitrogens with zero attached hydrogens (tertiary/aromatic N) is 2. The van der Waals surface area contributed by atoms with Crippen LogP contribution in [-0.4, -0.2) is 27.4 Å². The highest BCUT2D eigenvalue weighted by Gasteiger charge is 2.40. The maximum absolute atomic E-state index is 13.7. The monoisotopic (exact) mass is 495 g/mol. The van der Waals surface area contributed by atoms with Gasteiger partial charge in [0.2, 0.25) is 0 Å². The van der Waals surface area contributed by atoms with Crippen LogP contribution < -0.4 is 5.69 Å². The van der Waals surface area contributed by atoms with Crippen LogP contribution in [0.5, 0.6) is 0 Å². The van der Waals surface area contributed by atoms with Crippen LogP contribution in [-0.2, 0) is 16.6 Å². The van der Waals surface area contributed by atoms with Crippen molar-refractivity contribution in [3.8, 4) is 22.8 Å². The van der Waals surface area contributed by atoms with Gasteiger partial charge < -0.3 is 0 Å². The van der Waals surface area contributed by atoms with E-state index in [9.17, 15) is 14.0 Å². The summed E-state index contributed by atoms with van der Waals surface area (Å²) in [4.78, 5) is 36.6. The first kappa shape index (κ1) is 25.2. The molecule has 5 nitrogen and oxygen atoms in total. The first-order valence-corrected chi connectivity index (χ1v) is 12.5. The number of aromatic amines is 1. The number of Topliss-reactive ketones (excluding diaryl/α,β-unsaturated/α-hetero) is 1. The summed E-state index contributed by atoms with van der Waals surface area (Å²) < 4.78 is 13.7. The zero-order chi connectivity index (χ0) is 25.2. The summed E-state index contributed by atoms with van der Waals surface area (Å²) in [5.74, 6) is 0.624. The van der Waals surface area contributed by atoms with Gasteiger partial charge in [-0.25, -0.2) is 9.78 Å². The number of halogens is 2. The second-order valence-electron chi connectivity index (χ2n) is 10.5. The highest BCUT2D eigenvalue weighted by Crippen LogP contribution is 2.40. The number of hydrogen-bond donors (Lipinski definition) is 1. The van der Waals surface area contributed by atoms with Crippen molar-refractivity contribution in [3.05, 3.63) is 69.1 Å². The maximum Gasteiger partial charge on any atom is 0.348 e. The molecule has 1 aromatic heterocycles. The zero-order valence-electron chi connectivity index (χ0n) is 20.5. The number of alkyl halides is 1. The van der Waals surface area contributed by atoms with Crippen LogP contribution in [0.25, 0.3) is 22.8 Å². The number of ketones is 1. The van der Waals surface area contributed by atoms with Crippen LogP contribution in [0.2, 0.25) is 5.02 Å². The number of aryl methyl sites for hydroxylation is 1. The number of rotatable bonds is 7. The minimum atomic E-state index is -0.802. The third kappa shape index (κ3) is 5.53. The number of hydrogen-bond acceptors (Lipinski definition) is 4. The van der Waals surface area contributed by atoms with Gasteiger partial charge in [-0.1, -0.05) is 69.5 Å². The Morgan fingerprint density at radius 1 is 1.11 bits per heavy atom. The molecule has 4 rings (SSSR count). The number of benzene rings is 2. The molecule has 0 spiro atoms. The SMILES string of the molecule is CC(C)(C)c1cccc(-c2nc(-c3cc(CCC(=O)C4(CF)CCCC4)ccc3Cl)[nH]c(=O)n2)c1. The highest BCUT2D eigenvalue weighted by molar-refractivity contribution is 6.33. The second kappa shape index (κ2) is 10.0. The second-order valence-corrected chi connectivity index (χ2v) is 10.9. The fraction of sp³-hybridized carbons (Fsp3) is 0.429. The van der Waals surface area contributed by atoms with E-state index < -0.39 is 17.8 Å². The maximum atomic E-state index is 13.7. The molecule has 0 atom stereocenters. The zero-order valence-corrected chi connectivity index (χ0v) is 21.2. The van der Waals surface area contributed by atoms with E-state index in [2.05, 4.69) is 35.7 Å². The molecule has 35 heavy (non-hydrogen) atoms. The summed E-state index contributed by atoms with van der Waals surface area (Å²) >= 11 is 6.48. The Labute approximate surface area is 210 Å². The van der Waals surface area contributed by atoms with Crippen molar-refractivity contribution in [1.29, 1.82) is 0 Å². The lowest BCUT2D eigenvalue weighted by molar-refractivity contribution is -0.129. The molecule has 0 radical (unpaired) electrons. The third-order valence-electron chi connectivity index (χ3n) is 6.97. The minimum Gasteiger partial charge on any atom is -0.299 e. The molecule has 184 valence electrons. The molecule has 0 aliphatic heterocycles. The summed E-state index contributed by atoms with van der Waals surface area (Å²) in [7, 11) is 0. The molecule has 1 aliphatic carbocycles. The van der Waals surface area contributed by atoms with Gasteiger partial charge in [0.1, 0.15) is 18.3 Å². The van der Waals surface area contributed by atoms with E-state index in [1.807, 2.05) is 36.4 Å². The van der Waals surface area contributed by atoms with Crippen LogP contribution in [0.1, 0.15) is 64.0 Å². The van der Waals surface area contributed by atoms with Crippen molar-refractivity contribution in [3.63, 3.8) is 0 Å². The number of nitrogens with one attached hydrogen (secondary N) is 1. The lowest BCUT2D eigenvalue weighted by Crippen LogP contribution is -2.30. The normalized spacial score (nSPS) is 15.3. The van der Waals surface area contributed by atoms with Gasteiger partial charge in [0.05, 0.1) is 10.4 Å². The molecule has 2 aromatic carbocycles. The molecule has 0 amide bonds. The molecule has 3 aromatic rings. The molecule has 7 heteroatoms. The fourth-order valence-electron chi connectivity index (χ4n) is 4.74. The predicted molar refractivity (Wildman–Crippen MR) is 137 cm³/mol. The van der Waals surface area contributed by atoms with Crippen molar-refractivity contribution in [2.45, 2.75) is 64.7 Å². The van der Waals surface area contributed by atoms with Gasteiger partial charge in [0.15, 0.2) is 5.82 Å². The molecule has 1 saturated carbocycles. The minimum absolute atomic E-state index is 0.00883. The first-order valence-electron chi connectivity index (χ1n) is 12.1. The Morgan fingerprint density at radius 3 is 2.54 bits per heavy atom. The molecular weight excluding hydrogens is 465 g/mol. The predicted octanol–water partition coefficient (Wildman–Crippen LogP) is 6.48. The number of H-pyrrole nitrogens is 1. The van der Waals surface area contributed by atoms with Crippen LogP contribution in [0.15, 0.2) is 47.3 Å². The summed E-state index contributed by atoms with van der Waals surface area (Å²) in [6.07, 6.45) is 3.83. The van der Waals surface area contributed by atoms with E-state index in [4.69, 9.17) is 11.6 Å². The molecule has 1 aliphatic rings. The summed E-state index contributed by atoms with van der Waals surface area (Å²) in [6.45, 7) is 5.77. The van der Waals surface area contributed by atoms with Crippen LogP contribution >= 0.6 is 11.6 Å². The smallest absolute Gasteiger partial charge is 0.299 e. The lowest BCUT2D eigenvalue weighted by Gasteiger charge is -2.23. The molecule has 0 saturated heterocycles. The van der Waals surface area contributed by atoms with Gasteiger partial charge in [0.25, 0.3) is 0 Å². The number of carbonyl (C=O) groups excluding carboxylic acids is 1. The van der Waals surface area contributed by atoms with Crippen LogP contribution in [0, 0.1) is 5.41 Å². The number of aromatic nitrogens is 3. The Bertz CT molecular complexity index is 1290. The average Bonchev–Trinajstić information content (AvgIpc) is 3.33. The van der Waals surface area contributed by atoms with Crippen LogP contribution in [0.4, 0.5) is 4.39 Å². The Hall–Kier alpha value is -2.86. The lowest BCUT2D eigenvalue weighted by atomic mass is 9.80. The van der Waals surface area contributed by atoms with Gasteiger partial charge in [0, 0.05) is 17.5 Å². The fourth-order valence-corrected chi connectivity index (χ4v) is 4.94. The van der Waals surface area contributed by atoms with E-state index in [0.29, 0.717) is 41.5 Å². The number of carbonyl (C=O) groups is 1. The molecule has 0 unspecified atom stereocenters. The molecule has 1 heterocycles. The van der Waals surface area contributed by atoms with E-state index in [0.717, 1.165) is 29.5 Å². The van der Waals surface area contributed by atoms with E-state index in [-0.39, 0.29) is 17.6 Å². The largest absolute Gasteiger partial charge is 0.348 e. The summed E-state index contributed by atoms with van der Waals surface area (Å²) in [5.41, 5.74) is 1.91. The quantitative estimate of drug-likeness (QED) is 0.407. The van der Waals surface area contributed by atoms with Gasteiger partial charge in [-0.2, -0.15) is 4.98 Å². The van der Waals surface area contributed by atoms with E-state index >= 15 is 0 Å². The van der Waals surface area contributed by atoms with E-state index in [1.165, 1.54) is 0 Å². The Balaban J connectivity index is 1.62. The summed E-state index contributed by atoms with van der Waals surface area (Å²) in [5, 5.41) is 0.430.